The Morgan fingerprint density at radius 3 is 2.71 bits per heavy atom. The van der Waals surface area contributed by atoms with Gasteiger partial charge < -0.3 is 4.57 Å². The Bertz CT molecular complexity index is 1220. The second kappa shape index (κ2) is 7.55. The molecule has 28 heavy (non-hydrogen) atoms. The van der Waals surface area contributed by atoms with E-state index >= 15 is 0 Å². The number of azide groups is 1. The number of nitrogens with zero attached hydrogens (tertiary/aromatic N) is 5. The van der Waals surface area contributed by atoms with Crippen molar-refractivity contribution in [3.05, 3.63) is 81.7 Å². The van der Waals surface area contributed by atoms with E-state index in [1.165, 1.54) is 5.92 Å². The summed E-state index contributed by atoms with van der Waals surface area (Å²) in [6.07, 6.45) is 0. The maximum absolute atomic E-state index is 8.58. The Morgan fingerprint density at radius 1 is 1.11 bits per heavy atom. The van der Waals surface area contributed by atoms with Crippen LogP contribution in [-0.4, -0.2) is 9.55 Å². The summed E-state index contributed by atoms with van der Waals surface area (Å²) in [7, 11) is 0. The fourth-order valence-corrected chi connectivity index (χ4v) is 3.76. The van der Waals surface area contributed by atoms with Gasteiger partial charge in [-0.05, 0) is 47.3 Å². The molecule has 139 valence electrons. The Hall–Kier alpha value is -3.01. The normalized spacial score (nSPS) is 11.3. The zero-order valence-corrected chi connectivity index (χ0v) is 16.5. The van der Waals surface area contributed by atoms with E-state index in [1.807, 2.05) is 30.3 Å². The molecule has 0 spiro atoms. The molecule has 0 unspecified atom stereocenters. The van der Waals surface area contributed by atoms with Gasteiger partial charge in [0, 0.05) is 33.3 Å². The van der Waals surface area contributed by atoms with Crippen LogP contribution in [0.1, 0.15) is 19.4 Å². The summed E-state index contributed by atoms with van der Waals surface area (Å²) in [4.78, 5) is 7.44. The number of aromatic nitrogens is 2. The summed E-state index contributed by atoms with van der Waals surface area (Å²) < 4.78 is 2.26. The number of para-hydroxylation sites is 1. The average molecular weight is 389 g/mol. The molecule has 0 atom stereocenters. The molecule has 0 fully saturated rings. The molecule has 5 nitrogen and oxygen atoms in total. The van der Waals surface area contributed by atoms with Crippen LogP contribution in [0.4, 0.5) is 0 Å². The van der Waals surface area contributed by atoms with Gasteiger partial charge in [0.1, 0.15) is 5.15 Å². The molecule has 0 saturated carbocycles. The molecular weight excluding hydrogens is 370 g/mol. The van der Waals surface area contributed by atoms with E-state index in [0.717, 1.165) is 45.2 Å². The number of halogens is 1. The van der Waals surface area contributed by atoms with Gasteiger partial charge in [-0.15, -0.1) is 0 Å². The lowest BCUT2D eigenvalue weighted by Gasteiger charge is -2.14. The molecule has 0 aliphatic carbocycles. The Kier molecular flexibility index (Phi) is 4.95. The molecule has 0 bridgehead atoms. The van der Waals surface area contributed by atoms with Crippen LogP contribution in [0.25, 0.3) is 43.5 Å². The standard InChI is InChI=1S/C22H19ClN5/c1-14(2)13-28-20-8-7-15(12-25-27-24)9-17(20)11-21(28)18-10-16-5-3-4-6-19(16)26-22(18)23/h3-11H,12-13H2,1-2H3. The van der Waals surface area contributed by atoms with Gasteiger partial charge in [0.15, 0.2) is 0 Å². The number of benzene rings is 2. The summed E-state index contributed by atoms with van der Waals surface area (Å²) in [5.41, 5.74) is 13.5. The first-order chi connectivity index (χ1) is 13.6. The van der Waals surface area contributed by atoms with Crippen LogP contribution in [0, 0.1) is 5.92 Å². The van der Waals surface area contributed by atoms with Gasteiger partial charge in [0.2, 0.25) is 0 Å². The van der Waals surface area contributed by atoms with Crippen molar-refractivity contribution in [2.75, 3.05) is 0 Å². The smallest absolute Gasteiger partial charge is 0.139 e. The highest BCUT2D eigenvalue weighted by molar-refractivity contribution is 6.32. The third-order valence-electron chi connectivity index (χ3n) is 4.71. The van der Waals surface area contributed by atoms with Crippen molar-refractivity contribution < 1.29 is 0 Å². The van der Waals surface area contributed by atoms with Gasteiger partial charge in [-0.2, -0.15) is 0 Å². The highest BCUT2D eigenvalue weighted by Gasteiger charge is 2.16. The van der Waals surface area contributed by atoms with Crippen LogP contribution in [0.5, 0.6) is 0 Å². The van der Waals surface area contributed by atoms with Crippen molar-refractivity contribution >= 4 is 33.4 Å². The Labute approximate surface area is 168 Å². The fourth-order valence-electron chi connectivity index (χ4n) is 3.51. The van der Waals surface area contributed by atoms with Gasteiger partial charge in [-0.3, -0.25) is 0 Å². The highest BCUT2D eigenvalue weighted by atomic mass is 35.5. The lowest BCUT2D eigenvalue weighted by atomic mass is 10.1. The first-order valence-electron chi connectivity index (χ1n) is 9.04. The second-order valence-corrected chi connectivity index (χ2v) is 7.48. The van der Waals surface area contributed by atoms with Gasteiger partial charge in [-0.1, -0.05) is 54.8 Å². The predicted molar refractivity (Wildman–Crippen MR) is 115 cm³/mol. The van der Waals surface area contributed by atoms with E-state index in [4.69, 9.17) is 17.1 Å². The Morgan fingerprint density at radius 2 is 1.93 bits per heavy atom. The van der Waals surface area contributed by atoms with Crippen molar-refractivity contribution in [2.45, 2.75) is 26.9 Å². The maximum Gasteiger partial charge on any atom is 0.139 e. The molecule has 4 aromatic rings. The van der Waals surface area contributed by atoms with Gasteiger partial charge in [-0.25, -0.2) is 4.98 Å². The third kappa shape index (κ3) is 3.42. The third-order valence-corrected chi connectivity index (χ3v) is 5.00. The molecule has 0 saturated heterocycles. The van der Waals surface area contributed by atoms with Gasteiger partial charge >= 0.3 is 0 Å². The van der Waals surface area contributed by atoms with E-state index in [-0.39, 0.29) is 0 Å². The first-order valence-corrected chi connectivity index (χ1v) is 9.42. The van der Waals surface area contributed by atoms with Crippen LogP contribution in [-0.2, 0) is 13.1 Å². The Balaban J connectivity index is 1.94. The van der Waals surface area contributed by atoms with Crippen LogP contribution >= 0.6 is 11.6 Å². The molecule has 4 rings (SSSR count). The van der Waals surface area contributed by atoms with Crippen LogP contribution in [0.15, 0.2) is 59.7 Å². The van der Waals surface area contributed by atoms with Crippen LogP contribution in [0.2, 0.25) is 5.15 Å². The fraction of sp³-hybridized carbons (Fsp3) is 0.182. The summed E-state index contributed by atoms with van der Waals surface area (Å²) in [6, 6.07) is 18.4. The van der Waals surface area contributed by atoms with Crippen LogP contribution < -0.4 is 0 Å². The SMILES string of the molecule is C[C](C)Cn1c(-c2cc3ccccc3nc2Cl)cc2cc(CN=[N+]=[N-])ccc21. The highest BCUT2D eigenvalue weighted by Crippen LogP contribution is 2.35. The second-order valence-electron chi connectivity index (χ2n) is 7.12. The van der Waals surface area contributed by atoms with E-state index in [2.05, 4.69) is 57.7 Å². The molecule has 0 aliphatic rings. The summed E-state index contributed by atoms with van der Waals surface area (Å²) in [5.74, 6) is 1.29. The minimum atomic E-state index is 0.337. The van der Waals surface area contributed by atoms with Crippen molar-refractivity contribution in [1.29, 1.82) is 0 Å². The monoisotopic (exact) mass is 388 g/mol. The van der Waals surface area contributed by atoms with Crippen LogP contribution in [0.3, 0.4) is 0 Å². The lowest BCUT2D eigenvalue weighted by molar-refractivity contribution is 0.744. The van der Waals surface area contributed by atoms with Crippen molar-refractivity contribution in [2.24, 2.45) is 5.11 Å². The van der Waals surface area contributed by atoms with E-state index in [1.54, 1.807) is 0 Å². The molecule has 0 amide bonds. The predicted octanol–water partition coefficient (Wildman–Crippen LogP) is 6.93. The zero-order valence-electron chi connectivity index (χ0n) is 15.7. The summed E-state index contributed by atoms with van der Waals surface area (Å²) >= 11 is 6.59. The van der Waals surface area contributed by atoms with E-state index < -0.39 is 0 Å². The molecular formula is C22H19ClN5. The molecule has 6 heteroatoms. The molecule has 2 heterocycles. The number of hydrogen-bond donors (Lipinski definition) is 0. The molecule has 1 radical (unpaired) electrons. The molecule has 0 aliphatic heterocycles. The van der Waals surface area contributed by atoms with Crippen molar-refractivity contribution in [3.8, 4) is 11.3 Å². The van der Waals surface area contributed by atoms with Crippen molar-refractivity contribution in [3.63, 3.8) is 0 Å². The largest absolute Gasteiger partial charge is 0.340 e. The zero-order chi connectivity index (χ0) is 19.7. The molecule has 2 aromatic carbocycles. The number of pyridine rings is 1. The molecule has 2 aromatic heterocycles. The number of rotatable bonds is 5. The average Bonchev–Trinajstić information content (AvgIpc) is 3.02. The van der Waals surface area contributed by atoms with E-state index in [9.17, 15) is 0 Å². The van der Waals surface area contributed by atoms with Gasteiger partial charge in [0.05, 0.1) is 17.8 Å². The van der Waals surface area contributed by atoms with E-state index in [0.29, 0.717) is 11.7 Å². The lowest BCUT2D eigenvalue weighted by Crippen LogP contribution is -2.05. The number of fused-ring (bicyclic) bond motifs is 2. The summed E-state index contributed by atoms with van der Waals surface area (Å²) in [6.45, 7) is 5.36. The topological polar surface area (TPSA) is 66.6 Å². The minimum absolute atomic E-state index is 0.337. The quantitative estimate of drug-likeness (QED) is 0.158. The first kappa shape index (κ1) is 18.4. The maximum atomic E-state index is 8.58. The molecule has 0 N–H and O–H groups in total. The van der Waals surface area contributed by atoms with Gasteiger partial charge in [0.25, 0.3) is 0 Å². The number of hydrogen-bond acceptors (Lipinski definition) is 2. The minimum Gasteiger partial charge on any atom is -0.340 e. The summed E-state index contributed by atoms with van der Waals surface area (Å²) in [5, 5.41) is 6.31. The van der Waals surface area contributed by atoms with Crippen molar-refractivity contribution in [1.82, 2.24) is 9.55 Å².